The highest BCUT2D eigenvalue weighted by Crippen LogP contribution is 2.26. The Labute approximate surface area is 175 Å². The number of nitrogens with zero attached hydrogens (tertiary/aromatic N) is 2. The molecule has 1 aliphatic heterocycles. The van der Waals surface area contributed by atoms with E-state index < -0.39 is 0 Å². The Morgan fingerprint density at radius 2 is 1.76 bits per heavy atom. The first-order valence-electron chi connectivity index (χ1n) is 9.06. The number of aromatic nitrogens is 1. The summed E-state index contributed by atoms with van der Waals surface area (Å²) in [5.41, 5.74) is 2.25. The number of amides is 3. The molecule has 29 heavy (non-hydrogen) atoms. The van der Waals surface area contributed by atoms with E-state index in [1.165, 1.54) is 13.8 Å². The van der Waals surface area contributed by atoms with Gasteiger partial charge in [-0.1, -0.05) is 6.07 Å². The van der Waals surface area contributed by atoms with Crippen molar-refractivity contribution in [2.45, 2.75) is 19.9 Å². The van der Waals surface area contributed by atoms with Gasteiger partial charge >= 0.3 is 0 Å². The third-order valence-corrected chi connectivity index (χ3v) is 4.39. The monoisotopic (exact) mass is 417 g/mol. The zero-order valence-electron chi connectivity index (χ0n) is 16.3. The third-order valence-electron chi connectivity index (χ3n) is 4.39. The number of halogens is 1. The van der Waals surface area contributed by atoms with Gasteiger partial charge in [-0.3, -0.25) is 19.4 Å². The van der Waals surface area contributed by atoms with Gasteiger partial charge in [-0.15, -0.1) is 12.4 Å². The molecule has 2 aromatic rings. The Bertz CT molecular complexity index is 857. The lowest BCUT2D eigenvalue weighted by Gasteiger charge is -2.36. The van der Waals surface area contributed by atoms with E-state index in [0.29, 0.717) is 36.6 Å². The van der Waals surface area contributed by atoms with Crippen LogP contribution in [0.25, 0.3) is 0 Å². The predicted molar refractivity (Wildman–Crippen MR) is 113 cm³/mol. The van der Waals surface area contributed by atoms with Crippen molar-refractivity contribution in [3.05, 3.63) is 53.9 Å². The highest BCUT2D eigenvalue weighted by molar-refractivity contribution is 6.00. The van der Waals surface area contributed by atoms with Crippen molar-refractivity contribution in [2.75, 3.05) is 30.3 Å². The van der Waals surface area contributed by atoms with Crippen LogP contribution in [0.3, 0.4) is 0 Å². The smallest absolute Gasteiger partial charge is 0.254 e. The van der Waals surface area contributed by atoms with Crippen LogP contribution in [0.5, 0.6) is 0 Å². The molecule has 0 radical (unpaired) electrons. The number of nitrogens with one attached hydrogen (secondary N) is 3. The SMILES string of the molecule is CC(=O)Nc1cc(NC(C)=O)cc(C(=O)N2CCNCC2c2cccnc2)c1.Cl. The first-order valence-corrected chi connectivity index (χ1v) is 9.06. The van der Waals surface area contributed by atoms with Gasteiger partial charge in [0.15, 0.2) is 0 Å². The number of hydrogen-bond donors (Lipinski definition) is 3. The summed E-state index contributed by atoms with van der Waals surface area (Å²) in [6.45, 7) is 4.63. The molecule has 1 aliphatic rings. The molecule has 3 rings (SSSR count). The minimum Gasteiger partial charge on any atom is -0.329 e. The molecule has 3 N–H and O–H groups in total. The molecule has 3 amide bonds. The summed E-state index contributed by atoms with van der Waals surface area (Å²) >= 11 is 0. The van der Waals surface area contributed by atoms with Crippen molar-refractivity contribution in [1.29, 1.82) is 0 Å². The predicted octanol–water partition coefficient (Wildman–Crippen LogP) is 2.21. The normalized spacial score (nSPS) is 15.8. The van der Waals surface area contributed by atoms with E-state index in [1.807, 2.05) is 12.1 Å². The Hall–Kier alpha value is -2.97. The summed E-state index contributed by atoms with van der Waals surface area (Å²) in [6, 6.07) is 8.51. The lowest BCUT2D eigenvalue weighted by atomic mass is 10.0. The van der Waals surface area contributed by atoms with Crippen LogP contribution in [0.2, 0.25) is 0 Å². The molecule has 154 valence electrons. The first-order chi connectivity index (χ1) is 13.4. The number of carbonyl (C=O) groups excluding carboxylic acids is 3. The average Bonchev–Trinajstić information content (AvgIpc) is 2.67. The van der Waals surface area contributed by atoms with E-state index in [2.05, 4.69) is 20.9 Å². The lowest BCUT2D eigenvalue weighted by Crippen LogP contribution is -2.48. The van der Waals surface area contributed by atoms with Gasteiger partial charge in [-0.25, -0.2) is 0 Å². The largest absolute Gasteiger partial charge is 0.329 e. The fourth-order valence-corrected chi connectivity index (χ4v) is 3.29. The topological polar surface area (TPSA) is 103 Å². The summed E-state index contributed by atoms with van der Waals surface area (Å²) < 4.78 is 0. The average molecular weight is 418 g/mol. The fourth-order valence-electron chi connectivity index (χ4n) is 3.29. The van der Waals surface area contributed by atoms with Crippen molar-refractivity contribution in [2.24, 2.45) is 0 Å². The molecule has 0 saturated carbocycles. The molecule has 1 atom stereocenters. The van der Waals surface area contributed by atoms with Crippen LogP contribution in [-0.4, -0.2) is 47.2 Å². The molecule has 1 aromatic carbocycles. The number of rotatable bonds is 4. The minimum atomic E-state index is -0.256. The molecular formula is C20H24ClN5O3. The Morgan fingerprint density at radius 3 is 2.31 bits per heavy atom. The molecule has 1 fully saturated rings. The second-order valence-corrected chi connectivity index (χ2v) is 6.67. The quantitative estimate of drug-likeness (QED) is 0.707. The summed E-state index contributed by atoms with van der Waals surface area (Å²) in [5.74, 6) is -0.684. The van der Waals surface area contributed by atoms with Crippen molar-refractivity contribution in [3.8, 4) is 0 Å². The molecule has 8 nitrogen and oxygen atoms in total. The van der Waals surface area contributed by atoms with Gasteiger partial charge in [-0.05, 0) is 29.8 Å². The molecule has 2 heterocycles. The van der Waals surface area contributed by atoms with E-state index in [-0.39, 0.29) is 36.2 Å². The maximum absolute atomic E-state index is 13.3. The second kappa shape index (κ2) is 9.99. The molecule has 1 unspecified atom stereocenters. The highest BCUT2D eigenvalue weighted by atomic mass is 35.5. The van der Waals surface area contributed by atoms with Crippen molar-refractivity contribution >= 4 is 41.5 Å². The van der Waals surface area contributed by atoms with Crippen molar-refractivity contribution in [1.82, 2.24) is 15.2 Å². The van der Waals surface area contributed by atoms with Crippen molar-refractivity contribution < 1.29 is 14.4 Å². The molecule has 1 aromatic heterocycles. The molecular weight excluding hydrogens is 394 g/mol. The van der Waals surface area contributed by atoms with Gasteiger partial charge < -0.3 is 20.9 Å². The Balaban J connectivity index is 0.00000300. The number of anilines is 2. The summed E-state index contributed by atoms with van der Waals surface area (Å²) in [6.07, 6.45) is 3.46. The first kappa shape index (κ1) is 22.3. The molecule has 0 spiro atoms. The summed E-state index contributed by atoms with van der Waals surface area (Å²) in [7, 11) is 0. The molecule has 0 bridgehead atoms. The van der Waals surface area contributed by atoms with Gasteiger partial charge in [0.1, 0.15) is 0 Å². The fraction of sp³-hybridized carbons (Fsp3) is 0.300. The van der Waals surface area contributed by atoms with Gasteiger partial charge in [0.05, 0.1) is 6.04 Å². The maximum atomic E-state index is 13.3. The van der Waals surface area contributed by atoms with Crippen LogP contribution < -0.4 is 16.0 Å². The second-order valence-electron chi connectivity index (χ2n) is 6.67. The number of hydrogen-bond acceptors (Lipinski definition) is 5. The van der Waals surface area contributed by atoms with Gasteiger partial charge in [0.25, 0.3) is 5.91 Å². The minimum absolute atomic E-state index is 0. The maximum Gasteiger partial charge on any atom is 0.254 e. The third kappa shape index (κ3) is 5.75. The van der Waals surface area contributed by atoms with Crippen molar-refractivity contribution in [3.63, 3.8) is 0 Å². The zero-order chi connectivity index (χ0) is 20.1. The lowest BCUT2D eigenvalue weighted by molar-refractivity contribution is -0.115. The number of pyridine rings is 1. The van der Waals surface area contributed by atoms with Crippen LogP contribution in [0.15, 0.2) is 42.7 Å². The standard InChI is InChI=1S/C20H23N5O3.ClH/c1-13(26)23-17-8-16(9-18(10-17)24-14(2)27)20(28)25-7-6-22-12-19(25)15-4-3-5-21-11-15;/h3-5,8-11,19,22H,6-7,12H2,1-2H3,(H,23,26)(H,24,27);1H. The zero-order valence-corrected chi connectivity index (χ0v) is 17.1. The van der Waals surface area contributed by atoms with E-state index in [9.17, 15) is 14.4 Å². The van der Waals surface area contributed by atoms with Gasteiger partial charge in [0.2, 0.25) is 11.8 Å². The van der Waals surface area contributed by atoms with Crippen LogP contribution in [0.4, 0.5) is 11.4 Å². The van der Waals surface area contributed by atoms with Crippen LogP contribution in [0, 0.1) is 0 Å². The van der Waals surface area contributed by atoms with E-state index in [1.54, 1.807) is 35.5 Å². The van der Waals surface area contributed by atoms with Crippen LogP contribution in [0.1, 0.15) is 35.8 Å². The van der Waals surface area contributed by atoms with Gasteiger partial charge in [0, 0.05) is 62.8 Å². The molecule has 9 heteroatoms. The number of benzene rings is 1. The number of piperazine rings is 1. The van der Waals surface area contributed by atoms with Crippen LogP contribution >= 0.6 is 12.4 Å². The molecule has 1 saturated heterocycles. The van der Waals surface area contributed by atoms with E-state index in [0.717, 1.165) is 5.56 Å². The van der Waals surface area contributed by atoms with E-state index >= 15 is 0 Å². The number of carbonyl (C=O) groups is 3. The summed E-state index contributed by atoms with van der Waals surface area (Å²) in [4.78, 5) is 42.2. The Morgan fingerprint density at radius 1 is 1.10 bits per heavy atom. The van der Waals surface area contributed by atoms with Gasteiger partial charge in [-0.2, -0.15) is 0 Å². The summed E-state index contributed by atoms with van der Waals surface area (Å²) in [5, 5.41) is 8.66. The van der Waals surface area contributed by atoms with E-state index in [4.69, 9.17) is 0 Å². The highest BCUT2D eigenvalue weighted by Gasteiger charge is 2.29. The Kier molecular flexibility index (Phi) is 7.69. The van der Waals surface area contributed by atoms with Crippen LogP contribution in [-0.2, 0) is 9.59 Å². The molecule has 0 aliphatic carbocycles.